The van der Waals surface area contributed by atoms with Crippen LogP contribution in [0.15, 0.2) is 36.7 Å². The molecule has 0 saturated carbocycles. The van der Waals surface area contributed by atoms with Gasteiger partial charge in [0.25, 0.3) is 0 Å². The molecule has 0 aromatic carbocycles. The maximum absolute atomic E-state index is 6.13. The van der Waals surface area contributed by atoms with Gasteiger partial charge in [-0.2, -0.15) is 0 Å². The van der Waals surface area contributed by atoms with Gasteiger partial charge in [0.05, 0.1) is 30.6 Å². The van der Waals surface area contributed by atoms with Crippen LogP contribution >= 0.6 is 11.3 Å². The molecule has 2 fully saturated rings. The van der Waals surface area contributed by atoms with E-state index in [1.807, 2.05) is 29.8 Å². The Balaban J connectivity index is 1.45. The first-order valence-corrected chi connectivity index (χ1v) is 9.67. The number of thiophene rings is 1. The molecule has 0 spiro atoms. The fourth-order valence-electron chi connectivity index (χ4n) is 3.93. The van der Waals surface area contributed by atoms with Crippen molar-refractivity contribution in [2.75, 3.05) is 31.1 Å². The van der Waals surface area contributed by atoms with Crippen LogP contribution in [-0.2, 0) is 11.3 Å². The summed E-state index contributed by atoms with van der Waals surface area (Å²) in [6.45, 7) is 7.31. The second-order valence-corrected chi connectivity index (χ2v) is 8.12. The van der Waals surface area contributed by atoms with Gasteiger partial charge in [-0.3, -0.25) is 9.88 Å². The van der Waals surface area contributed by atoms with Crippen LogP contribution in [0, 0.1) is 6.92 Å². The zero-order chi connectivity index (χ0) is 16.4. The van der Waals surface area contributed by atoms with Gasteiger partial charge in [0.15, 0.2) is 0 Å². The first-order chi connectivity index (χ1) is 11.8. The molecule has 2 aliphatic rings. The lowest BCUT2D eigenvalue weighted by Crippen LogP contribution is -2.51. The molecule has 128 valence electrons. The quantitative estimate of drug-likeness (QED) is 0.855. The highest BCUT2D eigenvalue weighted by atomic mass is 32.1. The zero-order valence-electron chi connectivity index (χ0n) is 14.2. The molecule has 0 bridgehead atoms. The molecule has 0 radical (unpaired) electrons. The summed E-state index contributed by atoms with van der Waals surface area (Å²) >= 11 is 1.92. The topological polar surface area (TPSA) is 28.6 Å². The summed E-state index contributed by atoms with van der Waals surface area (Å²) in [5.74, 6) is 0. The smallest absolute Gasteiger partial charge is 0.0791 e. The van der Waals surface area contributed by atoms with Crippen LogP contribution in [0.4, 0.5) is 5.69 Å². The van der Waals surface area contributed by atoms with Crippen molar-refractivity contribution in [1.82, 2.24) is 9.88 Å². The minimum absolute atomic E-state index is 0.342. The number of hydrogen-bond acceptors (Lipinski definition) is 5. The van der Waals surface area contributed by atoms with Crippen LogP contribution in [-0.4, -0.2) is 48.3 Å². The number of rotatable bonds is 3. The van der Waals surface area contributed by atoms with Crippen LogP contribution in [0.3, 0.4) is 0 Å². The highest BCUT2D eigenvalue weighted by Crippen LogP contribution is 2.29. The Morgan fingerprint density at radius 3 is 2.92 bits per heavy atom. The van der Waals surface area contributed by atoms with Crippen LogP contribution in [0.2, 0.25) is 0 Å². The minimum atomic E-state index is 0.342. The molecule has 2 aromatic rings. The van der Waals surface area contributed by atoms with Crippen molar-refractivity contribution in [3.63, 3.8) is 0 Å². The van der Waals surface area contributed by atoms with Crippen molar-refractivity contribution in [2.45, 2.75) is 38.5 Å². The van der Waals surface area contributed by atoms with Crippen molar-refractivity contribution in [3.05, 3.63) is 46.4 Å². The highest BCUT2D eigenvalue weighted by Gasteiger charge is 2.34. The molecular weight excluding hydrogens is 318 g/mol. The lowest BCUT2D eigenvalue weighted by atomic mass is 10.0. The van der Waals surface area contributed by atoms with E-state index < -0.39 is 0 Å². The third-order valence-corrected chi connectivity index (χ3v) is 6.10. The number of fused-ring (bicyclic) bond motifs is 1. The molecule has 0 amide bonds. The molecule has 2 atom stereocenters. The summed E-state index contributed by atoms with van der Waals surface area (Å²) in [5.41, 5.74) is 1.23. The predicted octanol–water partition coefficient (Wildman–Crippen LogP) is 3.32. The van der Waals surface area contributed by atoms with E-state index in [2.05, 4.69) is 39.9 Å². The van der Waals surface area contributed by atoms with Gasteiger partial charge in [0.2, 0.25) is 0 Å². The van der Waals surface area contributed by atoms with Gasteiger partial charge >= 0.3 is 0 Å². The Bertz CT molecular complexity index is 660. The normalized spacial score (nSPS) is 25.3. The lowest BCUT2D eigenvalue weighted by molar-refractivity contribution is 0.00894. The third-order valence-electron chi connectivity index (χ3n) is 5.12. The van der Waals surface area contributed by atoms with Crippen molar-refractivity contribution in [2.24, 2.45) is 0 Å². The molecule has 4 nitrogen and oxygen atoms in total. The Morgan fingerprint density at radius 1 is 1.21 bits per heavy atom. The fourth-order valence-corrected chi connectivity index (χ4v) is 4.86. The Hall–Kier alpha value is -1.43. The van der Waals surface area contributed by atoms with E-state index in [9.17, 15) is 0 Å². The molecule has 24 heavy (non-hydrogen) atoms. The largest absolute Gasteiger partial charge is 0.374 e. The number of morpholine rings is 1. The summed E-state index contributed by atoms with van der Waals surface area (Å²) < 4.78 is 6.13. The molecule has 4 heterocycles. The van der Waals surface area contributed by atoms with Gasteiger partial charge in [-0.15, -0.1) is 11.3 Å². The van der Waals surface area contributed by atoms with E-state index in [1.165, 1.54) is 15.4 Å². The number of hydrogen-bond donors (Lipinski definition) is 0. The van der Waals surface area contributed by atoms with E-state index in [-0.39, 0.29) is 0 Å². The van der Waals surface area contributed by atoms with Crippen LogP contribution < -0.4 is 4.90 Å². The maximum Gasteiger partial charge on any atom is 0.0791 e. The number of anilines is 1. The summed E-state index contributed by atoms with van der Waals surface area (Å²) in [6.07, 6.45) is 6.45. The number of pyridine rings is 1. The molecule has 2 aromatic heterocycles. The summed E-state index contributed by atoms with van der Waals surface area (Å²) in [4.78, 5) is 12.3. The van der Waals surface area contributed by atoms with Gasteiger partial charge in [0.1, 0.15) is 0 Å². The monoisotopic (exact) mass is 343 g/mol. The molecule has 0 N–H and O–H groups in total. The number of aromatic nitrogens is 1. The summed E-state index contributed by atoms with van der Waals surface area (Å²) in [6, 6.07) is 9.17. The third kappa shape index (κ3) is 3.48. The summed E-state index contributed by atoms with van der Waals surface area (Å²) in [7, 11) is 0. The van der Waals surface area contributed by atoms with Crippen LogP contribution in [0.5, 0.6) is 0 Å². The highest BCUT2D eigenvalue weighted by molar-refractivity contribution is 7.11. The summed E-state index contributed by atoms with van der Waals surface area (Å²) in [5, 5.41) is 0. The number of ether oxygens (including phenoxy) is 1. The van der Waals surface area contributed by atoms with E-state index in [1.54, 1.807) is 0 Å². The second kappa shape index (κ2) is 7.21. The fraction of sp³-hybridized carbons (Fsp3) is 0.526. The zero-order valence-corrected chi connectivity index (χ0v) is 15.0. The van der Waals surface area contributed by atoms with E-state index in [4.69, 9.17) is 4.74 Å². The Kier molecular flexibility index (Phi) is 4.83. The van der Waals surface area contributed by atoms with Crippen molar-refractivity contribution < 1.29 is 4.74 Å². The first-order valence-electron chi connectivity index (χ1n) is 8.85. The van der Waals surface area contributed by atoms with Crippen molar-refractivity contribution in [1.29, 1.82) is 0 Å². The predicted molar refractivity (Wildman–Crippen MR) is 98.7 cm³/mol. The molecule has 4 rings (SSSR count). The minimum Gasteiger partial charge on any atom is -0.374 e. The second-order valence-electron chi connectivity index (χ2n) is 6.75. The van der Waals surface area contributed by atoms with E-state index in [0.29, 0.717) is 12.1 Å². The molecular formula is C19H25N3OS. The van der Waals surface area contributed by atoms with Gasteiger partial charge in [-0.25, -0.2) is 0 Å². The van der Waals surface area contributed by atoms with Gasteiger partial charge < -0.3 is 9.64 Å². The van der Waals surface area contributed by atoms with Crippen LogP contribution in [0.25, 0.3) is 0 Å². The van der Waals surface area contributed by atoms with Crippen molar-refractivity contribution in [3.8, 4) is 0 Å². The average molecular weight is 343 g/mol. The van der Waals surface area contributed by atoms with Gasteiger partial charge in [0, 0.05) is 42.1 Å². The Labute approximate surface area is 148 Å². The number of likely N-dealkylation sites (tertiary alicyclic amines) is 1. The molecule has 2 saturated heterocycles. The molecule has 0 aliphatic carbocycles. The average Bonchev–Trinajstić information content (AvgIpc) is 2.91. The van der Waals surface area contributed by atoms with Crippen molar-refractivity contribution >= 4 is 17.0 Å². The number of nitrogens with zero attached hydrogens (tertiary/aromatic N) is 3. The molecule has 5 heteroatoms. The SMILES string of the molecule is Cc1ccc(CN2CC[C@@H]3OCCN(c4cccnc4)[C@H]3CC2)s1. The van der Waals surface area contributed by atoms with E-state index in [0.717, 1.165) is 45.6 Å². The lowest BCUT2D eigenvalue weighted by Gasteiger charge is -2.41. The molecule has 0 unspecified atom stereocenters. The first kappa shape index (κ1) is 16.1. The standard InChI is InChI=1S/C19H25N3OS/c1-15-4-5-17(24-15)14-21-9-6-18-19(7-10-21)23-12-11-22(18)16-3-2-8-20-13-16/h2-5,8,13,18-19H,6-7,9-12,14H2,1H3/t18-,19-/m0/s1. The van der Waals surface area contributed by atoms with Gasteiger partial charge in [-0.05, 0) is 44.0 Å². The van der Waals surface area contributed by atoms with E-state index >= 15 is 0 Å². The Morgan fingerprint density at radius 2 is 2.12 bits per heavy atom. The molecule has 2 aliphatic heterocycles. The number of aryl methyl sites for hydroxylation is 1. The van der Waals surface area contributed by atoms with Crippen LogP contribution in [0.1, 0.15) is 22.6 Å². The maximum atomic E-state index is 6.13. The van der Waals surface area contributed by atoms with Gasteiger partial charge in [-0.1, -0.05) is 0 Å².